The van der Waals surface area contributed by atoms with Gasteiger partial charge in [0.2, 0.25) is 0 Å². The van der Waals surface area contributed by atoms with E-state index < -0.39 is 0 Å². The lowest BCUT2D eigenvalue weighted by atomic mass is 10.0. The van der Waals surface area contributed by atoms with Gasteiger partial charge >= 0.3 is 0 Å². The van der Waals surface area contributed by atoms with Crippen molar-refractivity contribution in [2.24, 2.45) is 0 Å². The summed E-state index contributed by atoms with van der Waals surface area (Å²) in [5, 5.41) is 9.36. The second-order valence-corrected chi connectivity index (χ2v) is 4.02. The summed E-state index contributed by atoms with van der Waals surface area (Å²) in [7, 11) is 1.67. The van der Waals surface area contributed by atoms with E-state index in [1.54, 1.807) is 13.2 Å². The van der Waals surface area contributed by atoms with Crippen LogP contribution in [0.3, 0.4) is 0 Å². The van der Waals surface area contributed by atoms with E-state index in [9.17, 15) is 5.11 Å². The van der Waals surface area contributed by atoms with Crippen molar-refractivity contribution in [1.29, 1.82) is 0 Å². The van der Waals surface area contributed by atoms with Crippen LogP contribution in [0.5, 0.6) is 11.5 Å². The van der Waals surface area contributed by atoms with Gasteiger partial charge in [0, 0.05) is 0 Å². The first-order valence-corrected chi connectivity index (χ1v) is 5.69. The number of ether oxygens (including phenoxy) is 1. The van der Waals surface area contributed by atoms with E-state index in [1.165, 1.54) is 5.56 Å². The summed E-state index contributed by atoms with van der Waals surface area (Å²) in [6, 6.07) is 15.5. The van der Waals surface area contributed by atoms with Gasteiger partial charge < -0.3 is 9.84 Å². The van der Waals surface area contributed by atoms with E-state index in [0.29, 0.717) is 5.75 Å². The molecule has 88 valence electrons. The third kappa shape index (κ3) is 3.25. The van der Waals surface area contributed by atoms with Crippen LogP contribution in [0.4, 0.5) is 0 Å². The first kappa shape index (κ1) is 11.5. The van der Waals surface area contributed by atoms with Crippen molar-refractivity contribution < 1.29 is 9.84 Å². The largest absolute Gasteiger partial charge is 0.508 e. The van der Waals surface area contributed by atoms with Crippen molar-refractivity contribution in [1.82, 2.24) is 0 Å². The zero-order valence-electron chi connectivity index (χ0n) is 9.89. The van der Waals surface area contributed by atoms with E-state index in [0.717, 1.165) is 24.2 Å². The Morgan fingerprint density at radius 3 is 2.29 bits per heavy atom. The maximum Gasteiger partial charge on any atom is 0.118 e. The Hall–Kier alpha value is -1.96. The highest BCUT2D eigenvalue weighted by Crippen LogP contribution is 2.15. The minimum atomic E-state index is 0.331. The highest BCUT2D eigenvalue weighted by molar-refractivity contribution is 5.30. The van der Waals surface area contributed by atoms with Crippen LogP contribution in [-0.2, 0) is 12.8 Å². The molecule has 0 aromatic heterocycles. The summed E-state index contributed by atoms with van der Waals surface area (Å²) in [6.45, 7) is 0. The normalized spacial score (nSPS) is 10.2. The van der Waals surface area contributed by atoms with Crippen LogP contribution in [0.1, 0.15) is 11.1 Å². The summed E-state index contributed by atoms with van der Waals surface area (Å²) >= 11 is 0. The number of hydrogen-bond donors (Lipinski definition) is 1. The molecule has 0 aliphatic carbocycles. The van der Waals surface area contributed by atoms with Crippen LogP contribution >= 0.6 is 0 Å². The smallest absolute Gasteiger partial charge is 0.118 e. The predicted molar refractivity (Wildman–Crippen MR) is 68.5 cm³/mol. The van der Waals surface area contributed by atoms with E-state index in [-0.39, 0.29) is 0 Å². The predicted octanol–water partition coefficient (Wildman–Crippen LogP) is 3.19. The summed E-state index contributed by atoms with van der Waals surface area (Å²) in [5.41, 5.74) is 2.43. The third-order valence-electron chi connectivity index (χ3n) is 2.77. The lowest BCUT2D eigenvalue weighted by molar-refractivity contribution is 0.414. The number of phenols is 1. The topological polar surface area (TPSA) is 29.5 Å². The van der Waals surface area contributed by atoms with Crippen LogP contribution in [0.2, 0.25) is 0 Å². The Bertz CT molecular complexity index is 475. The Kier molecular flexibility index (Phi) is 3.66. The number of phenolic OH excluding ortho intramolecular Hbond substituents is 1. The Morgan fingerprint density at radius 1 is 0.941 bits per heavy atom. The first-order chi connectivity index (χ1) is 8.28. The van der Waals surface area contributed by atoms with Gasteiger partial charge in [-0.3, -0.25) is 0 Å². The van der Waals surface area contributed by atoms with Crippen LogP contribution < -0.4 is 4.74 Å². The molecule has 0 amide bonds. The van der Waals surface area contributed by atoms with Crippen molar-refractivity contribution in [3.8, 4) is 11.5 Å². The highest BCUT2D eigenvalue weighted by atomic mass is 16.5. The number of methoxy groups -OCH3 is 1. The molecular formula is C15H16O2. The molecule has 17 heavy (non-hydrogen) atoms. The van der Waals surface area contributed by atoms with Crippen molar-refractivity contribution in [3.05, 3.63) is 59.7 Å². The lowest BCUT2D eigenvalue weighted by Crippen LogP contribution is -1.91. The molecular weight excluding hydrogens is 212 g/mol. The van der Waals surface area contributed by atoms with Gasteiger partial charge in [-0.2, -0.15) is 0 Å². The number of benzene rings is 2. The molecule has 0 unspecified atom stereocenters. The molecule has 0 radical (unpaired) electrons. The number of aromatic hydroxyl groups is 1. The molecule has 0 bridgehead atoms. The Balaban J connectivity index is 1.97. The van der Waals surface area contributed by atoms with Gasteiger partial charge in [0.05, 0.1) is 7.11 Å². The second kappa shape index (κ2) is 5.39. The summed E-state index contributed by atoms with van der Waals surface area (Å²) in [4.78, 5) is 0. The molecule has 2 rings (SSSR count). The Morgan fingerprint density at radius 2 is 1.65 bits per heavy atom. The van der Waals surface area contributed by atoms with E-state index in [1.807, 2.05) is 30.3 Å². The second-order valence-electron chi connectivity index (χ2n) is 4.02. The summed E-state index contributed by atoms with van der Waals surface area (Å²) < 4.78 is 5.11. The fraction of sp³-hybridized carbons (Fsp3) is 0.200. The molecule has 0 aliphatic rings. The average molecular weight is 228 g/mol. The molecule has 0 fully saturated rings. The first-order valence-electron chi connectivity index (χ1n) is 5.69. The fourth-order valence-electron chi connectivity index (χ4n) is 1.79. The molecule has 0 atom stereocenters. The maximum absolute atomic E-state index is 9.36. The molecule has 2 aromatic rings. The molecule has 2 heteroatoms. The minimum absolute atomic E-state index is 0.331. The molecule has 0 saturated carbocycles. The van der Waals surface area contributed by atoms with Crippen LogP contribution in [0.25, 0.3) is 0 Å². The highest BCUT2D eigenvalue weighted by Gasteiger charge is 1.98. The lowest BCUT2D eigenvalue weighted by Gasteiger charge is -2.04. The Labute approximate surface area is 101 Å². The SMILES string of the molecule is COc1ccc(CCc2cccc(O)c2)cc1. The van der Waals surface area contributed by atoms with Crippen molar-refractivity contribution in [2.45, 2.75) is 12.8 Å². The molecule has 0 heterocycles. The molecule has 2 nitrogen and oxygen atoms in total. The zero-order chi connectivity index (χ0) is 12.1. The van der Waals surface area contributed by atoms with Gasteiger partial charge in [0.25, 0.3) is 0 Å². The van der Waals surface area contributed by atoms with Crippen LogP contribution in [0.15, 0.2) is 48.5 Å². The van der Waals surface area contributed by atoms with Gasteiger partial charge in [-0.25, -0.2) is 0 Å². The summed E-state index contributed by atoms with van der Waals surface area (Å²) in [6.07, 6.45) is 1.90. The van der Waals surface area contributed by atoms with Crippen molar-refractivity contribution in [3.63, 3.8) is 0 Å². The molecule has 0 spiro atoms. The van der Waals surface area contributed by atoms with Crippen LogP contribution in [0, 0.1) is 0 Å². The minimum Gasteiger partial charge on any atom is -0.508 e. The van der Waals surface area contributed by atoms with Gasteiger partial charge in [-0.1, -0.05) is 24.3 Å². The summed E-state index contributed by atoms with van der Waals surface area (Å²) in [5.74, 6) is 1.21. The maximum atomic E-state index is 9.36. The van der Waals surface area contributed by atoms with E-state index in [2.05, 4.69) is 12.1 Å². The number of hydrogen-bond acceptors (Lipinski definition) is 2. The fourth-order valence-corrected chi connectivity index (χ4v) is 1.79. The number of rotatable bonds is 4. The van der Waals surface area contributed by atoms with Gasteiger partial charge in [-0.15, -0.1) is 0 Å². The molecule has 0 saturated heterocycles. The van der Waals surface area contributed by atoms with Gasteiger partial charge in [0.15, 0.2) is 0 Å². The van der Waals surface area contributed by atoms with E-state index in [4.69, 9.17) is 4.74 Å². The monoisotopic (exact) mass is 228 g/mol. The van der Waals surface area contributed by atoms with Gasteiger partial charge in [0.1, 0.15) is 11.5 Å². The number of aryl methyl sites for hydroxylation is 2. The van der Waals surface area contributed by atoms with Crippen molar-refractivity contribution >= 4 is 0 Å². The molecule has 0 aliphatic heterocycles. The third-order valence-corrected chi connectivity index (χ3v) is 2.77. The molecule has 1 N–H and O–H groups in total. The van der Waals surface area contributed by atoms with Crippen molar-refractivity contribution in [2.75, 3.05) is 7.11 Å². The van der Waals surface area contributed by atoms with Crippen LogP contribution in [-0.4, -0.2) is 12.2 Å². The standard InChI is InChI=1S/C15H16O2/c1-17-15-9-7-12(8-10-15)5-6-13-3-2-4-14(16)11-13/h2-4,7-11,16H,5-6H2,1H3. The quantitative estimate of drug-likeness (QED) is 0.870. The zero-order valence-corrected chi connectivity index (χ0v) is 9.89. The van der Waals surface area contributed by atoms with E-state index >= 15 is 0 Å². The van der Waals surface area contributed by atoms with Gasteiger partial charge in [-0.05, 0) is 48.2 Å². The molecule has 2 aromatic carbocycles. The average Bonchev–Trinajstić information content (AvgIpc) is 2.37.